The first-order valence-electron chi connectivity index (χ1n) is 9.23. The second-order valence-corrected chi connectivity index (χ2v) is 7.28. The van der Waals surface area contributed by atoms with Crippen molar-refractivity contribution in [2.75, 3.05) is 44.6 Å². The first-order chi connectivity index (χ1) is 13.3. The zero-order chi connectivity index (χ0) is 20.7. The maximum atomic E-state index is 12.9. The van der Waals surface area contributed by atoms with Crippen molar-refractivity contribution in [1.82, 2.24) is 4.90 Å². The van der Waals surface area contributed by atoms with Crippen LogP contribution in [-0.4, -0.2) is 51.1 Å². The third-order valence-corrected chi connectivity index (χ3v) is 4.09. The highest BCUT2D eigenvalue weighted by molar-refractivity contribution is 5.93. The van der Waals surface area contributed by atoms with Crippen LogP contribution in [0.25, 0.3) is 0 Å². The fraction of sp³-hybridized carbons (Fsp3) is 0.429. The molecule has 1 aromatic carbocycles. The number of furan rings is 1. The second kappa shape index (κ2) is 9.94. The van der Waals surface area contributed by atoms with Gasteiger partial charge in [0.05, 0.1) is 6.26 Å². The van der Waals surface area contributed by atoms with Gasteiger partial charge >= 0.3 is 0 Å². The summed E-state index contributed by atoms with van der Waals surface area (Å²) in [5.41, 5.74) is 2.57. The predicted octanol–water partition coefficient (Wildman–Crippen LogP) is 3.23. The van der Waals surface area contributed by atoms with Crippen LogP contribution in [0.1, 0.15) is 30.0 Å². The molecule has 2 aromatic rings. The van der Waals surface area contributed by atoms with Crippen LogP contribution in [0, 0.1) is 5.92 Å². The number of hydrogen-bond acceptors (Lipinski definition) is 5. The number of anilines is 2. The number of amides is 2. The second-order valence-electron chi connectivity index (χ2n) is 7.28. The lowest BCUT2D eigenvalue weighted by atomic mass is 10.1. The van der Waals surface area contributed by atoms with Crippen molar-refractivity contribution in [2.24, 2.45) is 5.92 Å². The summed E-state index contributed by atoms with van der Waals surface area (Å²) < 4.78 is 10.2. The van der Waals surface area contributed by atoms with Gasteiger partial charge in [0.15, 0.2) is 5.76 Å². The van der Waals surface area contributed by atoms with Crippen molar-refractivity contribution in [2.45, 2.75) is 20.4 Å². The number of carbonyl (C=O) groups is 2. The average Bonchev–Trinajstić information content (AvgIpc) is 3.15. The number of methoxy groups -OCH3 is 1. The van der Waals surface area contributed by atoms with Crippen LogP contribution in [0.3, 0.4) is 0 Å². The molecule has 0 saturated carbocycles. The lowest BCUT2D eigenvalue weighted by molar-refractivity contribution is -0.119. The normalized spacial score (nSPS) is 10.8. The number of nitrogens with one attached hydrogen (secondary N) is 1. The molecule has 0 unspecified atom stereocenters. The molecule has 1 aromatic heterocycles. The molecule has 0 aliphatic heterocycles. The van der Waals surface area contributed by atoms with Crippen LogP contribution in [0.5, 0.6) is 0 Å². The first-order valence-corrected chi connectivity index (χ1v) is 9.23. The van der Waals surface area contributed by atoms with Gasteiger partial charge in [-0.2, -0.15) is 0 Å². The van der Waals surface area contributed by atoms with Gasteiger partial charge < -0.3 is 24.3 Å². The number of benzene rings is 1. The van der Waals surface area contributed by atoms with Gasteiger partial charge in [0, 0.05) is 45.7 Å². The molecule has 28 heavy (non-hydrogen) atoms. The van der Waals surface area contributed by atoms with E-state index in [-0.39, 0.29) is 18.4 Å². The third-order valence-electron chi connectivity index (χ3n) is 4.09. The van der Waals surface area contributed by atoms with Crippen LogP contribution in [-0.2, 0) is 16.1 Å². The molecule has 0 spiro atoms. The van der Waals surface area contributed by atoms with Gasteiger partial charge in [-0.05, 0) is 41.8 Å². The predicted molar refractivity (Wildman–Crippen MR) is 110 cm³/mol. The Hall–Kier alpha value is -2.80. The van der Waals surface area contributed by atoms with Crippen LogP contribution < -0.4 is 10.2 Å². The number of carbonyl (C=O) groups excluding carboxylic acids is 2. The van der Waals surface area contributed by atoms with E-state index in [1.165, 1.54) is 13.4 Å². The van der Waals surface area contributed by atoms with Gasteiger partial charge in [0.2, 0.25) is 5.91 Å². The van der Waals surface area contributed by atoms with Crippen molar-refractivity contribution >= 4 is 23.2 Å². The lowest BCUT2D eigenvalue weighted by Gasteiger charge is -2.27. The maximum absolute atomic E-state index is 12.9. The molecule has 7 heteroatoms. The average molecular weight is 387 g/mol. The quantitative estimate of drug-likeness (QED) is 0.715. The molecule has 2 rings (SSSR count). The summed E-state index contributed by atoms with van der Waals surface area (Å²) in [6.07, 6.45) is 1.50. The molecule has 0 saturated heterocycles. The summed E-state index contributed by atoms with van der Waals surface area (Å²) in [5.74, 6) is 0.233. The number of nitrogens with zero attached hydrogens (tertiary/aromatic N) is 2. The topological polar surface area (TPSA) is 75.0 Å². The van der Waals surface area contributed by atoms with E-state index in [1.807, 2.05) is 37.2 Å². The Kier molecular flexibility index (Phi) is 7.63. The Labute approximate surface area is 166 Å². The van der Waals surface area contributed by atoms with Crippen LogP contribution >= 0.6 is 0 Å². The highest BCUT2D eigenvalue weighted by atomic mass is 16.5. The molecule has 152 valence electrons. The standard InChI is InChI=1S/C21H29N3O4/c1-15(2)12-24(21(26)19-7-6-10-28-19)13-16-11-17(22-20(25)14-27-5)8-9-18(16)23(3)4/h6-11,15H,12-14H2,1-5H3,(H,22,25). The molecule has 0 bridgehead atoms. The van der Waals surface area contributed by atoms with Gasteiger partial charge in [-0.3, -0.25) is 9.59 Å². The maximum Gasteiger partial charge on any atom is 0.289 e. The molecule has 1 heterocycles. The zero-order valence-electron chi connectivity index (χ0n) is 17.2. The van der Waals surface area contributed by atoms with E-state index < -0.39 is 0 Å². The van der Waals surface area contributed by atoms with Gasteiger partial charge in [0.1, 0.15) is 6.61 Å². The van der Waals surface area contributed by atoms with Gasteiger partial charge in [0.25, 0.3) is 5.91 Å². The monoisotopic (exact) mass is 387 g/mol. The summed E-state index contributed by atoms with van der Waals surface area (Å²) in [6.45, 7) is 5.11. The Morgan fingerprint density at radius 1 is 1.21 bits per heavy atom. The Bertz CT molecular complexity index is 785. The minimum Gasteiger partial charge on any atom is -0.459 e. The largest absolute Gasteiger partial charge is 0.459 e. The third kappa shape index (κ3) is 5.85. The Balaban J connectivity index is 2.32. The summed E-state index contributed by atoms with van der Waals surface area (Å²) in [6, 6.07) is 9.05. The molecule has 7 nitrogen and oxygen atoms in total. The van der Waals surface area contributed by atoms with E-state index in [9.17, 15) is 9.59 Å². The first kappa shape index (κ1) is 21.5. The number of hydrogen-bond donors (Lipinski definition) is 1. The van der Waals surface area contributed by atoms with E-state index in [1.54, 1.807) is 17.0 Å². The fourth-order valence-electron chi connectivity index (χ4n) is 2.98. The SMILES string of the molecule is COCC(=O)Nc1ccc(N(C)C)c(CN(CC(C)C)C(=O)c2ccco2)c1. The zero-order valence-corrected chi connectivity index (χ0v) is 17.2. The van der Waals surface area contributed by atoms with E-state index in [4.69, 9.17) is 9.15 Å². The van der Waals surface area contributed by atoms with Crippen LogP contribution in [0.4, 0.5) is 11.4 Å². The van der Waals surface area contributed by atoms with Crippen molar-refractivity contribution in [3.63, 3.8) is 0 Å². The van der Waals surface area contributed by atoms with E-state index in [0.717, 1.165) is 11.3 Å². The van der Waals surface area contributed by atoms with Crippen LogP contribution in [0.2, 0.25) is 0 Å². The molecular weight excluding hydrogens is 358 g/mol. The molecule has 0 aliphatic carbocycles. The van der Waals surface area contributed by atoms with Gasteiger partial charge in [-0.15, -0.1) is 0 Å². The van der Waals surface area contributed by atoms with Gasteiger partial charge in [-0.1, -0.05) is 13.8 Å². The van der Waals surface area contributed by atoms with Gasteiger partial charge in [-0.25, -0.2) is 0 Å². The summed E-state index contributed by atoms with van der Waals surface area (Å²) in [4.78, 5) is 28.5. The van der Waals surface area contributed by atoms with E-state index >= 15 is 0 Å². The molecule has 0 fully saturated rings. The Morgan fingerprint density at radius 3 is 2.54 bits per heavy atom. The fourth-order valence-corrected chi connectivity index (χ4v) is 2.98. The van der Waals surface area contributed by atoms with Crippen molar-refractivity contribution in [1.29, 1.82) is 0 Å². The number of ether oxygens (including phenoxy) is 1. The molecule has 0 radical (unpaired) electrons. The van der Waals surface area contributed by atoms with E-state index in [2.05, 4.69) is 19.2 Å². The molecular formula is C21H29N3O4. The van der Waals surface area contributed by atoms with Crippen molar-refractivity contribution < 1.29 is 18.7 Å². The summed E-state index contributed by atoms with van der Waals surface area (Å²) in [7, 11) is 5.37. The van der Waals surface area contributed by atoms with Crippen molar-refractivity contribution in [3.8, 4) is 0 Å². The minimum absolute atomic E-state index is 0.0127. The molecule has 0 atom stereocenters. The molecule has 2 amide bonds. The lowest BCUT2D eigenvalue weighted by Crippen LogP contribution is -2.34. The van der Waals surface area contributed by atoms with E-state index in [0.29, 0.717) is 30.5 Å². The van der Waals surface area contributed by atoms with Crippen LogP contribution in [0.15, 0.2) is 41.0 Å². The summed E-state index contributed by atoms with van der Waals surface area (Å²) in [5, 5.41) is 2.82. The Morgan fingerprint density at radius 2 is 1.96 bits per heavy atom. The van der Waals surface area contributed by atoms with Crippen molar-refractivity contribution in [3.05, 3.63) is 47.9 Å². The smallest absolute Gasteiger partial charge is 0.289 e. The minimum atomic E-state index is -0.225. The highest BCUT2D eigenvalue weighted by Gasteiger charge is 2.21. The highest BCUT2D eigenvalue weighted by Crippen LogP contribution is 2.25. The summed E-state index contributed by atoms with van der Waals surface area (Å²) >= 11 is 0. The molecule has 1 N–H and O–H groups in total. The number of rotatable bonds is 9. The molecule has 0 aliphatic rings.